The average molecular weight is 305 g/mol. The number of aliphatic carboxylic acids is 1. The van der Waals surface area contributed by atoms with Gasteiger partial charge in [-0.1, -0.05) is 19.1 Å². The first kappa shape index (κ1) is 15.8. The Morgan fingerprint density at radius 1 is 1.36 bits per heavy atom. The van der Waals surface area contributed by atoms with Gasteiger partial charge in [0.25, 0.3) is 5.91 Å². The zero-order chi connectivity index (χ0) is 16.3. The summed E-state index contributed by atoms with van der Waals surface area (Å²) in [6, 6.07) is 4.17. The van der Waals surface area contributed by atoms with Crippen molar-refractivity contribution in [1.82, 2.24) is 5.32 Å². The largest absolute Gasteiger partial charge is 0.479 e. The van der Waals surface area contributed by atoms with Gasteiger partial charge in [0.05, 0.1) is 11.8 Å². The van der Waals surface area contributed by atoms with Gasteiger partial charge in [-0.05, 0) is 30.2 Å². The van der Waals surface area contributed by atoms with Crippen LogP contribution >= 0.6 is 0 Å². The molecular formula is C16H16FNO4. The molecule has 1 heterocycles. The van der Waals surface area contributed by atoms with E-state index in [0.717, 1.165) is 0 Å². The van der Waals surface area contributed by atoms with Crippen LogP contribution in [0.25, 0.3) is 0 Å². The Labute approximate surface area is 126 Å². The Balaban J connectivity index is 2.27. The van der Waals surface area contributed by atoms with Crippen LogP contribution < -0.4 is 5.32 Å². The molecule has 0 aliphatic heterocycles. The van der Waals surface area contributed by atoms with Crippen molar-refractivity contribution in [2.75, 3.05) is 0 Å². The quantitative estimate of drug-likeness (QED) is 0.890. The summed E-state index contributed by atoms with van der Waals surface area (Å²) in [6.07, 6.45) is 1.90. The molecule has 5 nitrogen and oxygen atoms in total. The van der Waals surface area contributed by atoms with Gasteiger partial charge >= 0.3 is 5.97 Å². The van der Waals surface area contributed by atoms with Crippen LogP contribution in [-0.4, -0.2) is 17.0 Å². The number of nitrogens with one attached hydrogen (secondary N) is 1. The highest BCUT2D eigenvalue weighted by molar-refractivity contribution is 5.97. The van der Waals surface area contributed by atoms with E-state index in [-0.39, 0.29) is 0 Å². The number of carbonyl (C=O) groups excluding carboxylic acids is 1. The van der Waals surface area contributed by atoms with Crippen molar-refractivity contribution in [2.24, 2.45) is 0 Å². The molecule has 6 heteroatoms. The SMILES string of the molecule is CCc1occc1C(=O)NC(C(=O)O)c1ccc(F)c(C)c1. The van der Waals surface area contributed by atoms with Gasteiger partial charge in [-0.25, -0.2) is 9.18 Å². The number of amides is 1. The number of halogens is 1. The molecule has 0 spiro atoms. The van der Waals surface area contributed by atoms with E-state index in [0.29, 0.717) is 28.9 Å². The van der Waals surface area contributed by atoms with E-state index in [1.807, 2.05) is 6.92 Å². The van der Waals surface area contributed by atoms with E-state index < -0.39 is 23.7 Å². The van der Waals surface area contributed by atoms with E-state index in [2.05, 4.69) is 5.32 Å². The molecule has 1 atom stereocenters. The Hall–Kier alpha value is -2.63. The minimum Gasteiger partial charge on any atom is -0.479 e. The zero-order valence-corrected chi connectivity index (χ0v) is 12.2. The predicted octanol–water partition coefficient (Wildman–Crippen LogP) is 2.85. The van der Waals surface area contributed by atoms with Crippen LogP contribution in [0.2, 0.25) is 0 Å². The summed E-state index contributed by atoms with van der Waals surface area (Å²) in [5, 5.41) is 11.8. The topological polar surface area (TPSA) is 79.5 Å². The summed E-state index contributed by atoms with van der Waals surface area (Å²) in [6.45, 7) is 3.36. The average Bonchev–Trinajstić information content (AvgIpc) is 2.96. The van der Waals surface area contributed by atoms with Crippen LogP contribution in [0, 0.1) is 12.7 Å². The van der Waals surface area contributed by atoms with Crippen molar-refractivity contribution in [3.63, 3.8) is 0 Å². The molecule has 22 heavy (non-hydrogen) atoms. The van der Waals surface area contributed by atoms with Gasteiger partial charge < -0.3 is 14.8 Å². The number of hydrogen-bond donors (Lipinski definition) is 2. The third kappa shape index (κ3) is 3.16. The van der Waals surface area contributed by atoms with Crippen LogP contribution in [0.3, 0.4) is 0 Å². The second kappa shape index (κ2) is 6.43. The molecule has 0 fully saturated rings. The molecule has 1 aromatic heterocycles. The third-order valence-corrected chi connectivity index (χ3v) is 3.35. The number of carboxylic acid groups (broad SMARTS) is 1. The van der Waals surface area contributed by atoms with Crippen LogP contribution in [0.15, 0.2) is 34.9 Å². The lowest BCUT2D eigenvalue weighted by Gasteiger charge is -2.15. The van der Waals surface area contributed by atoms with Crippen LogP contribution in [0.1, 0.15) is 40.2 Å². The molecule has 2 N–H and O–H groups in total. The monoisotopic (exact) mass is 305 g/mol. The molecule has 1 amide bonds. The first-order valence-corrected chi connectivity index (χ1v) is 6.80. The van der Waals surface area contributed by atoms with E-state index in [1.54, 1.807) is 0 Å². The highest BCUT2D eigenvalue weighted by Crippen LogP contribution is 2.19. The maximum absolute atomic E-state index is 13.3. The fourth-order valence-electron chi connectivity index (χ4n) is 2.16. The minimum atomic E-state index is -1.26. The van der Waals surface area contributed by atoms with Crippen LogP contribution in [0.5, 0.6) is 0 Å². The Kier molecular flexibility index (Phi) is 4.60. The molecule has 1 unspecified atom stereocenters. The Morgan fingerprint density at radius 2 is 2.09 bits per heavy atom. The summed E-state index contributed by atoms with van der Waals surface area (Å²) in [5.41, 5.74) is 0.921. The smallest absolute Gasteiger partial charge is 0.330 e. The lowest BCUT2D eigenvalue weighted by molar-refractivity contribution is -0.139. The fraction of sp³-hybridized carbons (Fsp3) is 0.250. The molecule has 0 saturated carbocycles. The van der Waals surface area contributed by atoms with Gasteiger partial charge in [-0.3, -0.25) is 4.79 Å². The number of benzene rings is 1. The fourth-order valence-corrected chi connectivity index (χ4v) is 2.16. The molecule has 0 saturated heterocycles. The number of rotatable bonds is 5. The summed E-state index contributed by atoms with van der Waals surface area (Å²) >= 11 is 0. The molecule has 0 radical (unpaired) electrons. The molecule has 2 aromatic rings. The van der Waals surface area contributed by atoms with Gasteiger partial charge in [-0.15, -0.1) is 0 Å². The number of furan rings is 1. The Bertz CT molecular complexity index is 708. The molecule has 0 aliphatic carbocycles. The van der Waals surface area contributed by atoms with Gasteiger partial charge in [0, 0.05) is 6.42 Å². The zero-order valence-electron chi connectivity index (χ0n) is 12.2. The van der Waals surface area contributed by atoms with E-state index in [4.69, 9.17) is 4.42 Å². The van der Waals surface area contributed by atoms with Crippen molar-refractivity contribution in [2.45, 2.75) is 26.3 Å². The lowest BCUT2D eigenvalue weighted by atomic mass is 10.0. The summed E-state index contributed by atoms with van der Waals surface area (Å²) in [4.78, 5) is 23.6. The number of carbonyl (C=O) groups is 2. The van der Waals surface area contributed by atoms with E-state index in [9.17, 15) is 19.1 Å². The normalized spacial score (nSPS) is 12.0. The van der Waals surface area contributed by atoms with Crippen molar-refractivity contribution in [3.05, 3.63) is 58.8 Å². The standard InChI is InChI=1S/C16H16FNO4/c1-3-13-11(6-7-22-13)15(19)18-14(16(20)21)10-4-5-12(17)9(2)8-10/h4-8,14H,3H2,1-2H3,(H,18,19)(H,20,21). The second-order valence-electron chi connectivity index (χ2n) is 4.86. The first-order valence-electron chi connectivity index (χ1n) is 6.80. The lowest BCUT2D eigenvalue weighted by Crippen LogP contribution is -2.34. The van der Waals surface area contributed by atoms with Crippen LogP contribution in [0.4, 0.5) is 4.39 Å². The van der Waals surface area contributed by atoms with E-state index >= 15 is 0 Å². The van der Waals surface area contributed by atoms with Crippen molar-refractivity contribution in [1.29, 1.82) is 0 Å². The summed E-state index contributed by atoms with van der Waals surface area (Å²) < 4.78 is 18.5. The van der Waals surface area contributed by atoms with Crippen molar-refractivity contribution >= 4 is 11.9 Å². The van der Waals surface area contributed by atoms with Gasteiger partial charge in [0.2, 0.25) is 0 Å². The molecular weight excluding hydrogens is 289 g/mol. The van der Waals surface area contributed by atoms with Gasteiger partial charge in [0.15, 0.2) is 6.04 Å². The number of carboxylic acids is 1. The summed E-state index contributed by atoms with van der Waals surface area (Å²) in [5.74, 6) is -1.71. The number of hydrogen-bond acceptors (Lipinski definition) is 3. The van der Waals surface area contributed by atoms with Crippen molar-refractivity contribution < 1.29 is 23.5 Å². The molecule has 2 rings (SSSR count). The highest BCUT2D eigenvalue weighted by atomic mass is 19.1. The molecule has 1 aromatic carbocycles. The minimum absolute atomic E-state index is 0.299. The molecule has 0 aliphatic rings. The maximum Gasteiger partial charge on any atom is 0.330 e. The van der Waals surface area contributed by atoms with Gasteiger partial charge in [0.1, 0.15) is 11.6 Å². The first-order chi connectivity index (χ1) is 10.4. The molecule has 116 valence electrons. The predicted molar refractivity (Wildman–Crippen MR) is 77.1 cm³/mol. The van der Waals surface area contributed by atoms with Gasteiger partial charge in [-0.2, -0.15) is 0 Å². The third-order valence-electron chi connectivity index (χ3n) is 3.35. The summed E-state index contributed by atoms with van der Waals surface area (Å²) in [7, 11) is 0. The maximum atomic E-state index is 13.3. The Morgan fingerprint density at radius 3 is 2.68 bits per heavy atom. The van der Waals surface area contributed by atoms with Crippen molar-refractivity contribution in [3.8, 4) is 0 Å². The van der Waals surface area contributed by atoms with E-state index in [1.165, 1.54) is 37.5 Å². The highest BCUT2D eigenvalue weighted by Gasteiger charge is 2.25. The van der Waals surface area contributed by atoms with Crippen LogP contribution in [-0.2, 0) is 11.2 Å². The molecule has 0 bridgehead atoms. The second-order valence-corrected chi connectivity index (χ2v) is 4.86. The number of aryl methyl sites for hydroxylation is 2.